The minimum atomic E-state index is -0.750. The Hall–Kier alpha value is 0.670. The number of benzene rings is 1. The van der Waals surface area contributed by atoms with E-state index < -0.39 is 4.30 Å². The molecule has 0 N–H and O–H groups in total. The first kappa shape index (κ1) is 13.7. The first-order valence-electron chi connectivity index (χ1n) is 3.28. The molecule has 0 bridgehead atoms. The highest BCUT2D eigenvalue weighted by atomic mass is 35.6. The molecule has 1 rings (SSSR count). The van der Waals surface area contributed by atoms with E-state index >= 15 is 0 Å². The summed E-state index contributed by atoms with van der Waals surface area (Å²) in [6.45, 7) is 1.89. The number of hydrogen-bond acceptors (Lipinski definition) is 0. The lowest BCUT2D eigenvalue weighted by atomic mass is 10.2. The van der Waals surface area contributed by atoms with Gasteiger partial charge < -0.3 is 0 Å². The van der Waals surface area contributed by atoms with Crippen molar-refractivity contribution in [2.45, 2.75) is 11.2 Å². The maximum absolute atomic E-state index is 5.73. The summed E-state index contributed by atoms with van der Waals surface area (Å²) < 4.78 is -0.750. The van der Waals surface area contributed by atoms with Gasteiger partial charge in [0, 0.05) is 10.0 Å². The lowest BCUT2D eigenvalue weighted by Crippen LogP contribution is -1.73. The average Bonchev–Trinajstić information content (AvgIpc) is 1.99. The predicted molar refractivity (Wildman–Crippen MR) is 62.5 cm³/mol. The maximum Gasteiger partial charge on any atom is 0.180 e. The minimum Gasteiger partial charge on any atom is -0.0874 e. The molecular formula is C8H7Cl5. The van der Waals surface area contributed by atoms with Crippen molar-refractivity contribution in [2.24, 2.45) is 0 Å². The molecular weight excluding hydrogens is 273 g/mol. The molecule has 0 fully saturated rings. The van der Waals surface area contributed by atoms with Crippen molar-refractivity contribution in [3.63, 3.8) is 0 Å². The van der Waals surface area contributed by atoms with E-state index in [0.717, 1.165) is 15.6 Å². The van der Waals surface area contributed by atoms with E-state index in [1.54, 1.807) is 0 Å². The van der Waals surface area contributed by atoms with Crippen molar-refractivity contribution in [3.8, 4) is 0 Å². The maximum atomic E-state index is 5.73. The fraction of sp³-hybridized carbons (Fsp3) is 0.250. The van der Waals surface area contributed by atoms with Gasteiger partial charge in [-0.3, -0.25) is 0 Å². The third-order valence-electron chi connectivity index (χ3n) is 1.20. The molecule has 0 spiro atoms. The first-order chi connectivity index (χ1) is 5.95. The van der Waals surface area contributed by atoms with E-state index in [1.807, 2.05) is 25.1 Å². The normalized spacial score (nSPS) is 9.46. The van der Waals surface area contributed by atoms with Crippen LogP contribution in [0.15, 0.2) is 18.2 Å². The Labute approximate surface area is 103 Å². The largest absolute Gasteiger partial charge is 0.180 e. The monoisotopic (exact) mass is 278 g/mol. The lowest BCUT2D eigenvalue weighted by molar-refractivity contribution is 1.47. The molecule has 0 aliphatic carbocycles. The van der Waals surface area contributed by atoms with Crippen LogP contribution in [0, 0.1) is 6.92 Å². The molecule has 0 aromatic heterocycles. The molecule has 1 aromatic rings. The van der Waals surface area contributed by atoms with E-state index in [1.165, 1.54) is 0 Å². The summed E-state index contributed by atoms with van der Waals surface area (Å²) in [7, 11) is 0. The Kier molecular flexibility index (Phi) is 7.39. The summed E-state index contributed by atoms with van der Waals surface area (Å²) in [5.74, 6) is 0. The number of rotatable bonds is 0. The van der Waals surface area contributed by atoms with Gasteiger partial charge in [0.15, 0.2) is 4.30 Å². The zero-order chi connectivity index (χ0) is 10.4. The SMILES string of the molecule is Cc1c(Cl)cccc1Cl.ClC(Cl)Cl. The molecule has 0 radical (unpaired) electrons. The summed E-state index contributed by atoms with van der Waals surface area (Å²) in [6, 6.07) is 5.48. The van der Waals surface area contributed by atoms with Gasteiger partial charge in [0.2, 0.25) is 0 Å². The first-order valence-corrected chi connectivity index (χ1v) is 5.34. The van der Waals surface area contributed by atoms with E-state index in [0.29, 0.717) is 0 Å². The van der Waals surface area contributed by atoms with Crippen molar-refractivity contribution in [2.75, 3.05) is 0 Å². The molecule has 0 aliphatic heterocycles. The molecule has 0 heterocycles. The number of alkyl halides is 3. The van der Waals surface area contributed by atoms with Crippen molar-refractivity contribution in [1.29, 1.82) is 0 Å². The van der Waals surface area contributed by atoms with Gasteiger partial charge in [-0.15, -0.1) is 0 Å². The van der Waals surface area contributed by atoms with Crippen LogP contribution in [-0.2, 0) is 0 Å². The Balaban J connectivity index is 0.000000310. The molecule has 0 saturated heterocycles. The van der Waals surface area contributed by atoms with Gasteiger partial charge in [-0.1, -0.05) is 64.1 Å². The van der Waals surface area contributed by atoms with Gasteiger partial charge in [-0.2, -0.15) is 0 Å². The smallest absolute Gasteiger partial charge is 0.0874 e. The molecule has 0 nitrogen and oxygen atoms in total. The van der Waals surface area contributed by atoms with Crippen LogP contribution in [0.4, 0.5) is 0 Å². The van der Waals surface area contributed by atoms with Gasteiger partial charge in [0.1, 0.15) is 0 Å². The third kappa shape index (κ3) is 6.70. The van der Waals surface area contributed by atoms with Crippen molar-refractivity contribution < 1.29 is 0 Å². The van der Waals surface area contributed by atoms with Crippen LogP contribution in [0.5, 0.6) is 0 Å². The van der Waals surface area contributed by atoms with E-state index in [2.05, 4.69) is 0 Å². The Morgan fingerprint density at radius 3 is 1.54 bits per heavy atom. The topological polar surface area (TPSA) is 0 Å². The zero-order valence-electron chi connectivity index (χ0n) is 6.70. The highest BCUT2D eigenvalue weighted by molar-refractivity contribution is 6.63. The number of halogens is 5. The second kappa shape index (κ2) is 7.03. The standard InChI is InChI=1S/C7H6Cl2.CHCl3/c1-5-6(8)3-2-4-7(5)9;2-1(3)4/h2-4H,1H3;1H. The van der Waals surface area contributed by atoms with E-state index in [-0.39, 0.29) is 0 Å². The van der Waals surface area contributed by atoms with Crippen LogP contribution in [0.2, 0.25) is 10.0 Å². The Morgan fingerprint density at radius 1 is 1.00 bits per heavy atom. The Morgan fingerprint density at radius 2 is 1.31 bits per heavy atom. The minimum absolute atomic E-state index is 0.725. The van der Waals surface area contributed by atoms with Crippen LogP contribution in [-0.4, -0.2) is 4.30 Å². The van der Waals surface area contributed by atoms with Gasteiger partial charge in [-0.05, 0) is 24.6 Å². The molecule has 0 amide bonds. The summed E-state index contributed by atoms with van der Waals surface area (Å²) >= 11 is 25.9. The van der Waals surface area contributed by atoms with Crippen LogP contribution in [0.1, 0.15) is 5.56 Å². The third-order valence-corrected chi connectivity index (χ3v) is 2.02. The zero-order valence-corrected chi connectivity index (χ0v) is 10.5. The van der Waals surface area contributed by atoms with Crippen LogP contribution < -0.4 is 0 Å². The van der Waals surface area contributed by atoms with Crippen molar-refractivity contribution in [1.82, 2.24) is 0 Å². The average molecular weight is 280 g/mol. The molecule has 0 unspecified atom stereocenters. The molecule has 0 atom stereocenters. The van der Waals surface area contributed by atoms with Crippen LogP contribution in [0.3, 0.4) is 0 Å². The van der Waals surface area contributed by atoms with Gasteiger partial charge in [-0.25, -0.2) is 0 Å². The number of hydrogen-bond donors (Lipinski definition) is 0. The Bertz CT molecular complexity index is 236. The van der Waals surface area contributed by atoms with Crippen LogP contribution in [0.25, 0.3) is 0 Å². The highest BCUT2D eigenvalue weighted by Gasteiger charge is 1.96. The summed E-state index contributed by atoms with van der Waals surface area (Å²) in [5, 5.41) is 1.45. The second-order valence-electron chi connectivity index (χ2n) is 2.09. The lowest BCUT2D eigenvalue weighted by Gasteiger charge is -1.96. The fourth-order valence-electron chi connectivity index (χ4n) is 0.581. The summed E-state index contributed by atoms with van der Waals surface area (Å²) in [6.07, 6.45) is 0. The summed E-state index contributed by atoms with van der Waals surface area (Å²) in [5.41, 5.74) is 0.945. The van der Waals surface area contributed by atoms with Crippen molar-refractivity contribution in [3.05, 3.63) is 33.8 Å². The molecule has 5 heteroatoms. The molecule has 1 aromatic carbocycles. The van der Waals surface area contributed by atoms with Gasteiger partial charge in [0.25, 0.3) is 0 Å². The quantitative estimate of drug-likeness (QED) is 0.567. The second-order valence-corrected chi connectivity index (χ2v) is 4.89. The van der Waals surface area contributed by atoms with Crippen molar-refractivity contribution >= 4 is 58.0 Å². The van der Waals surface area contributed by atoms with E-state index in [4.69, 9.17) is 58.0 Å². The molecule has 0 aliphatic rings. The molecule has 13 heavy (non-hydrogen) atoms. The fourth-order valence-corrected chi connectivity index (χ4v) is 0.979. The predicted octanol–water partition coefficient (Wildman–Crippen LogP) is 5.29. The van der Waals surface area contributed by atoms with Gasteiger partial charge >= 0.3 is 0 Å². The highest BCUT2D eigenvalue weighted by Crippen LogP contribution is 2.22. The molecule has 74 valence electrons. The van der Waals surface area contributed by atoms with Gasteiger partial charge in [0.05, 0.1) is 0 Å². The van der Waals surface area contributed by atoms with E-state index in [9.17, 15) is 0 Å². The molecule has 0 saturated carbocycles. The summed E-state index contributed by atoms with van der Waals surface area (Å²) in [4.78, 5) is 0. The van der Waals surface area contributed by atoms with Crippen LogP contribution >= 0.6 is 58.0 Å².